The Labute approximate surface area is 197 Å². The highest BCUT2D eigenvalue weighted by Crippen LogP contribution is 2.50. The number of aliphatic hydroxyl groups excluding tert-OH is 2. The summed E-state index contributed by atoms with van der Waals surface area (Å²) in [7, 11) is 0. The smallest absolute Gasteiger partial charge is 0.302 e. The molecule has 0 bridgehead atoms. The number of hydrogen-bond acceptors (Lipinski definition) is 6. The summed E-state index contributed by atoms with van der Waals surface area (Å²) < 4.78 is 5.17. The van der Waals surface area contributed by atoms with Gasteiger partial charge in [-0.3, -0.25) is 9.59 Å². The van der Waals surface area contributed by atoms with Crippen molar-refractivity contribution in [2.45, 2.75) is 85.4 Å². The van der Waals surface area contributed by atoms with E-state index in [9.17, 15) is 24.9 Å². The van der Waals surface area contributed by atoms with Gasteiger partial charge in [0.05, 0.1) is 18.3 Å². The second-order valence-electron chi connectivity index (χ2n) is 10.3. The zero-order chi connectivity index (χ0) is 25.0. The molecule has 0 fully saturated rings. The Balaban J connectivity index is 2.47. The molecule has 0 aromatic rings. The van der Waals surface area contributed by atoms with Crippen molar-refractivity contribution in [2.75, 3.05) is 6.61 Å². The van der Waals surface area contributed by atoms with Crippen LogP contribution in [0.15, 0.2) is 46.8 Å². The molecule has 3 N–H and O–H groups in total. The first-order valence-electron chi connectivity index (χ1n) is 11.8. The maximum Gasteiger partial charge on any atom is 0.302 e. The number of esters is 1. The van der Waals surface area contributed by atoms with Gasteiger partial charge in [0.15, 0.2) is 5.76 Å². The fourth-order valence-electron chi connectivity index (χ4n) is 4.75. The fourth-order valence-corrected chi connectivity index (χ4v) is 4.75. The van der Waals surface area contributed by atoms with Crippen LogP contribution in [0.2, 0.25) is 0 Å². The number of fused-ring (bicyclic) bond motifs is 1. The van der Waals surface area contributed by atoms with Crippen molar-refractivity contribution in [2.24, 2.45) is 17.3 Å². The normalized spacial score (nSPS) is 37.0. The van der Waals surface area contributed by atoms with Gasteiger partial charge >= 0.3 is 5.97 Å². The van der Waals surface area contributed by atoms with Gasteiger partial charge < -0.3 is 20.1 Å². The molecule has 0 spiro atoms. The average Bonchev–Trinajstić information content (AvgIpc) is 2.93. The first-order valence-corrected chi connectivity index (χ1v) is 11.8. The van der Waals surface area contributed by atoms with Crippen molar-refractivity contribution in [3.8, 4) is 0 Å². The average molecular weight is 461 g/mol. The Morgan fingerprint density at radius 1 is 1.27 bits per heavy atom. The topological polar surface area (TPSA) is 104 Å². The van der Waals surface area contributed by atoms with E-state index in [1.165, 1.54) is 6.92 Å². The third kappa shape index (κ3) is 6.67. The Hall–Kier alpha value is -2.18. The molecule has 0 unspecified atom stereocenters. The molecule has 0 saturated carbocycles. The van der Waals surface area contributed by atoms with Crippen LogP contribution in [-0.2, 0) is 14.3 Å². The molecule has 2 aliphatic carbocycles. The van der Waals surface area contributed by atoms with Gasteiger partial charge in [0, 0.05) is 24.2 Å². The highest BCUT2D eigenvalue weighted by Gasteiger charge is 2.51. The minimum absolute atomic E-state index is 0.0919. The van der Waals surface area contributed by atoms with Gasteiger partial charge in [0.25, 0.3) is 0 Å². The molecule has 33 heavy (non-hydrogen) atoms. The number of aliphatic hydroxyl groups is 3. The third-order valence-electron chi connectivity index (χ3n) is 7.14. The number of ketones is 1. The number of ether oxygens (including phenoxy) is 1. The highest BCUT2D eigenvalue weighted by atomic mass is 16.5. The zero-order valence-electron chi connectivity index (χ0n) is 20.9. The molecule has 6 nitrogen and oxygen atoms in total. The Kier molecular flexibility index (Phi) is 8.88. The van der Waals surface area contributed by atoms with Crippen molar-refractivity contribution in [3.63, 3.8) is 0 Å². The van der Waals surface area contributed by atoms with Gasteiger partial charge in [-0.1, -0.05) is 43.7 Å². The van der Waals surface area contributed by atoms with E-state index < -0.39 is 23.1 Å². The van der Waals surface area contributed by atoms with E-state index in [2.05, 4.69) is 0 Å². The largest absolute Gasteiger partial charge is 0.504 e. The van der Waals surface area contributed by atoms with E-state index in [0.717, 1.165) is 11.1 Å². The molecule has 0 heterocycles. The van der Waals surface area contributed by atoms with E-state index in [4.69, 9.17) is 4.74 Å². The van der Waals surface area contributed by atoms with Crippen molar-refractivity contribution in [1.82, 2.24) is 0 Å². The summed E-state index contributed by atoms with van der Waals surface area (Å²) in [5, 5.41) is 32.1. The van der Waals surface area contributed by atoms with Gasteiger partial charge in [0.2, 0.25) is 5.78 Å². The summed E-state index contributed by atoms with van der Waals surface area (Å²) in [6.45, 7) is 10.7. The summed E-state index contributed by atoms with van der Waals surface area (Å²) in [6.07, 6.45) is 9.32. The first-order chi connectivity index (χ1) is 15.3. The predicted octanol–water partition coefficient (Wildman–Crippen LogP) is 4.73. The van der Waals surface area contributed by atoms with E-state index in [0.29, 0.717) is 37.7 Å². The zero-order valence-corrected chi connectivity index (χ0v) is 20.9. The number of Topliss-reactive ketones (excluding diaryl/α,β-unsaturated/α-hetero) is 1. The molecule has 0 amide bonds. The Morgan fingerprint density at radius 2 is 1.94 bits per heavy atom. The van der Waals surface area contributed by atoms with Gasteiger partial charge in [-0.15, -0.1) is 0 Å². The molecule has 0 radical (unpaired) electrons. The van der Waals surface area contributed by atoms with Crippen LogP contribution >= 0.6 is 0 Å². The van der Waals surface area contributed by atoms with E-state index in [-0.39, 0.29) is 30.0 Å². The molecule has 6 heteroatoms. The van der Waals surface area contributed by atoms with Crippen LogP contribution in [0, 0.1) is 17.3 Å². The maximum absolute atomic E-state index is 13.3. The summed E-state index contributed by atoms with van der Waals surface area (Å²) in [6, 6.07) is 0. The number of carbonyl (C=O) groups is 2. The monoisotopic (exact) mass is 460 g/mol. The molecule has 0 aliphatic heterocycles. The van der Waals surface area contributed by atoms with Gasteiger partial charge in [-0.2, -0.15) is 0 Å². The lowest BCUT2D eigenvalue weighted by Crippen LogP contribution is -2.32. The number of allylic oxidation sites excluding steroid dienone is 5. The second-order valence-corrected chi connectivity index (χ2v) is 10.3. The van der Waals surface area contributed by atoms with E-state index in [1.54, 1.807) is 13.0 Å². The summed E-state index contributed by atoms with van der Waals surface area (Å²) in [5.41, 5.74) is 0.596. The standard InChI is InChI=1S/C27H40O6/c1-17-8-7-13-26(5,32)14-12-22(29)18(2)9-10-21-23(19(3)16-33-20(4)28)24(30)25(31)27(21,6)15-11-17/h7,9,11,13,19,21-22,29-30,32H,8,10,12,14-16H2,1-6H3/b13-7+,17-11+,18-9+/t19-,21-,22-,26+,27+/m1/s1. The van der Waals surface area contributed by atoms with Crippen LogP contribution in [0.25, 0.3) is 0 Å². The van der Waals surface area contributed by atoms with Gasteiger partial charge in [-0.25, -0.2) is 0 Å². The second kappa shape index (κ2) is 10.8. The van der Waals surface area contributed by atoms with Crippen molar-refractivity contribution in [1.29, 1.82) is 0 Å². The summed E-state index contributed by atoms with van der Waals surface area (Å²) in [5.74, 6) is -1.52. The molecule has 184 valence electrons. The Morgan fingerprint density at radius 3 is 2.58 bits per heavy atom. The molecule has 0 aromatic carbocycles. The van der Waals surface area contributed by atoms with Crippen LogP contribution in [0.3, 0.4) is 0 Å². The van der Waals surface area contributed by atoms with E-state index >= 15 is 0 Å². The van der Waals surface area contributed by atoms with Crippen LogP contribution in [-0.4, -0.2) is 45.4 Å². The number of rotatable bonds is 3. The molecule has 0 aromatic heterocycles. The molecule has 2 aliphatic rings. The van der Waals surface area contributed by atoms with Crippen LogP contribution in [0.1, 0.15) is 73.6 Å². The minimum atomic E-state index is -1.01. The molecule has 5 atom stereocenters. The van der Waals surface area contributed by atoms with Crippen LogP contribution in [0.4, 0.5) is 0 Å². The lowest BCUT2D eigenvalue weighted by molar-refractivity contribution is -0.141. The Bertz CT molecular complexity index is 875. The summed E-state index contributed by atoms with van der Waals surface area (Å²) >= 11 is 0. The lowest BCUT2D eigenvalue weighted by Gasteiger charge is -2.32. The fraction of sp³-hybridized carbons (Fsp3) is 0.630. The predicted molar refractivity (Wildman–Crippen MR) is 128 cm³/mol. The quantitative estimate of drug-likeness (QED) is 0.416. The molecular weight excluding hydrogens is 420 g/mol. The minimum Gasteiger partial charge on any atom is -0.504 e. The van der Waals surface area contributed by atoms with Gasteiger partial charge in [-0.05, 0) is 64.0 Å². The lowest BCUT2D eigenvalue weighted by atomic mass is 9.70. The third-order valence-corrected chi connectivity index (χ3v) is 7.14. The summed E-state index contributed by atoms with van der Waals surface area (Å²) in [4.78, 5) is 24.6. The van der Waals surface area contributed by atoms with Crippen LogP contribution < -0.4 is 0 Å². The molecular formula is C27H40O6. The van der Waals surface area contributed by atoms with Crippen LogP contribution in [0.5, 0.6) is 0 Å². The molecule has 0 saturated heterocycles. The van der Waals surface area contributed by atoms with Crippen molar-refractivity contribution in [3.05, 3.63) is 46.8 Å². The molecule has 2 rings (SSSR count). The SMILES string of the molecule is CC(=O)OC[C@@H](C)C1=C(O)C(=O)[C@@]2(C)C/C=C(\C)C/C=C/[C@](C)(O)CC[C@@H](O)/C(C)=C/C[C@H]12. The highest BCUT2D eigenvalue weighted by molar-refractivity contribution is 6.02. The van der Waals surface area contributed by atoms with Crippen molar-refractivity contribution < 1.29 is 29.6 Å². The maximum atomic E-state index is 13.3. The first kappa shape index (κ1) is 27.1. The van der Waals surface area contributed by atoms with Gasteiger partial charge in [0.1, 0.15) is 0 Å². The number of hydrogen-bond donors (Lipinski definition) is 3. The van der Waals surface area contributed by atoms with Crippen molar-refractivity contribution >= 4 is 11.8 Å². The number of carbonyl (C=O) groups excluding carboxylic acids is 2. The van der Waals surface area contributed by atoms with E-state index in [1.807, 2.05) is 45.9 Å².